The number of carbonyl (C=O) groups excluding carboxylic acids is 1. The Hall–Kier alpha value is -2.05. The minimum atomic E-state index is -0.281. The molecule has 0 bridgehead atoms. The van der Waals surface area contributed by atoms with E-state index in [-0.39, 0.29) is 12.4 Å². The summed E-state index contributed by atoms with van der Waals surface area (Å²) in [5, 5.41) is 0. The van der Waals surface area contributed by atoms with Crippen LogP contribution in [0, 0.1) is 0 Å². The SMILES string of the molecule is COC(=O)CCN(C)c1nc(OC)cc(OC)n1. The molecule has 0 aliphatic rings. The number of anilines is 1. The van der Waals surface area contributed by atoms with Crippen LogP contribution in [-0.2, 0) is 9.53 Å². The van der Waals surface area contributed by atoms with Gasteiger partial charge in [-0.1, -0.05) is 0 Å². The minimum Gasteiger partial charge on any atom is -0.481 e. The molecule has 0 fully saturated rings. The average molecular weight is 255 g/mol. The highest BCUT2D eigenvalue weighted by molar-refractivity contribution is 5.69. The summed E-state index contributed by atoms with van der Waals surface area (Å²) in [4.78, 5) is 21.1. The van der Waals surface area contributed by atoms with Gasteiger partial charge in [0, 0.05) is 13.6 Å². The smallest absolute Gasteiger partial charge is 0.307 e. The third-order valence-electron chi connectivity index (χ3n) is 2.31. The Bertz CT molecular complexity index is 389. The second kappa shape index (κ2) is 6.63. The molecule has 1 aromatic rings. The van der Waals surface area contributed by atoms with Crippen LogP contribution < -0.4 is 14.4 Å². The predicted octanol–water partition coefficient (Wildman–Crippen LogP) is 0.493. The van der Waals surface area contributed by atoms with Gasteiger partial charge in [0.1, 0.15) is 0 Å². The first kappa shape index (κ1) is 14.0. The quantitative estimate of drug-likeness (QED) is 0.685. The molecule has 1 aromatic heterocycles. The molecule has 7 heteroatoms. The second-order valence-electron chi connectivity index (χ2n) is 3.50. The predicted molar refractivity (Wildman–Crippen MR) is 65.0 cm³/mol. The van der Waals surface area contributed by atoms with Crippen molar-refractivity contribution in [2.24, 2.45) is 0 Å². The molecule has 1 rings (SSSR count). The van der Waals surface area contributed by atoms with E-state index in [4.69, 9.17) is 9.47 Å². The Kier molecular flexibility index (Phi) is 5.16. The van der Waals surface area contributed by atoms with Crippen LogP contribution in [0.15, 0.2) is 6.07 Å². The molecule has 0 aromatic carbocycles. The van der Waals surface area contributed by atoms with Crippen LogP contribution in [0.2, 0.25) is 0 Å². The molecule has 7 nitrogen and oxygen atoms in total. The zero-order valence-electron chi connectivity index (χ0n) is 11.0. The molecule has 100 valence electrons. The zero-order valence-corrected chi connectivity index (χ0v) is 11.0. The highest BCUT2D eigenvalue weighted by Crippen LogP contribution is 2.19. The zero-order chi connectivity index (χ0) is 13.5. The number of ether oxygens (including phenoxy) is 3. The lowest BCUT2D eigenvalue weighted by Crippen LogP contribution is -2.23. The van der Waals surface area contributed by atoms with Crippen molar-refractivity contribution in [2.75, 3.05) is 39.8 Å². The van der Waals surface area contributed by atoms with Gasteiger partial charge in [-0.15, -0.1) is 0 Å². The van der Waals surface area contributed by atoms with Crippen LogP contribution in [0.25, 0.3) is 0 Å². The Labute approximate surface area is 106 Å². The van der Waals surface area contributed by atoms with Crippen molar-refractivity contribution >= 4 is 11.9 Å². The normalized spacial score (nSPS) is 9.78. The van der Waals surface area contributed by atoms with E-state index in [9.17, 15) is 4.79 Å². The molecular formula is C11H17N3O4. The molecule has 0 radical (unpaired) electrons. The van der Waals surface area contributed by atoms with Crippen LogP contribution in [0.5, 0.6) is 11.8 Å². The van der Waals surface area contributed by atoms with Gasteiger partial charge in [-0.05, 0) is 0 Å². The number of hydrogen-bond donors (Lipinski definition) is 0. The number of esters is 1. The van der Waals surface area contributed by atoms with Gasteiger partial charge < -0.3 is 19.1 Å². The number of nitrogens with zero attached hydrogens (tertiary/aromatic N) is 3. The van der Waals surface area contributed by atoms with Gasteiger partial charge in [-0.3, -0.25) is 4.79 Å². The summed E-state index contributed by atoms with van der Waals surface area (Å²) >= 11 is 0. The van der Waals surface area contributed by atoms with Gasteiger partial charge in [0.2, 0.25) is 17.7 Å². The number of hydrogen-bond acceptors (Lipinski definition) is 7. The molecular weight excluding hydrogens is 238 g/mol. The van der Waals surface area contributed by atoms with E-state index in [0.717, 1.165) is 0 Å². The van der Waals surface area contributed by atoms with Crippen LogP contribution in [-0.4, -0.2) is 50.9 Å². The van der Waals surface area contributed by atoms with Crippen molar-refractivity contribution in [1.82, 2.24) is 9.97 Å². The topological polar surface area (TPSA) is 73.8 Å². The largest absolute Gasteiger partial charge is 0.481 e. The number of carbonyl (C=O) groups is 1. The molecule has 0 saturated heterocycles. The standard InChI is InChI=1S/C11H17N3O4/c1-14(6-5-10(15)18-4)11-12-8(16-2)7-9(13-11)17-3/h7H,5-6H2,1-4H3. The van der Waals surface area contributed by atoms with Crippen LogP contribution in [0.4, 0.5) is 5.95 Å². The molecule has 0 aliphatic carbocycles. The maximum absolute atomic E-state index is 11.1. The lowest BCUT2D eigenvalue weighted by Gasteiger charge is -2.17. The molecule has 0 amide bonds. The fourth-order valence-electron chi connectivity index (χ4n) is 1.23. The van der Waals surface area contributed by atoms with E-state index in [1.54, 1.807) is 18.0 Å². The third-order valence-corrected chi connectivity index (χ3v) is 2.31. The number of aromatic nitrogens is 2. The molecule has 1 heterocycles. The highest BCUT2D eigenvalue weighted by atomic mass is 16.5. The molecule has 0 spiro atoms. The fourth-order valence-corrected chi connectivity index (χ4v) is 1.23. The van der Waals surface area contributed by atoms with Crippen LogP contribution in [0.3, 0.4) is 0 Å². The van der Waals surface area contributed by atoms with Crippen LogP contribution >= 0.6 is 0 Å². The third kappa shape index (κ3) is 3.76. The monoisotopic (exact) mass is 255 g/mol. The van der Waals surface area contributed by atoms with Crippen molar-refractivity contribution in [3.63, 3.8) is 0 Å². The van der Waals surface area contributed by atoms with E-state index in [1.165, 1.54) is 21.3 Å². The maximum atomic E-state index is 11.1. The van der Waals surface area contributed by atoms with Crippen molar-refractivity contribution in [3.05, 3.63) is 6.07 Å². The minimum absolute atomic E-state index is 0.260. The number of rotatable bonds is 6. The number of methoxy groups -OCH3 is 3. The van der Waals surface area contributed by atoms with E-state index >= 15 is 0 Å². The lowest BCUT2D eigenvalue weighted by molar-refractivity contribution is -0.140. The van der Waals surface area contributed by atoms with Gasteiger partial charge in [0.15, 0.2) is 0 Å². The van der Waals surface area contributed by atoms with Crippen molar-refractivity contribution in [2.45, 2.75) is 6.42 Å². The summed E-state index contributed by atoms with van der Waals surface area (Å²) in [6.45, 7) is 0.447. The van der Waals surface area contributed by atoms with Gasteiger partial charge in [0.25, 0.3) is 0 Å². The van der Waals surface area contributed by atoms with E-state index in [2.05, 4.69) is 14.7 Å². The molecule has 0 N–H and O–H groups in total. The molecule has 0 atom stereocenters. The maximum Gasteiger partial charge on any atom is 0.307 e. The molecule has 18 heavy (non-hydrogen) atoms. The highest BCUT2D eigenvalue weighted by Gasteiger charge is 2.11. The molecule has 0 saturated carbocycles. The van der Waals surface area contributed by atoms with Crippen molar-refractivity contribution < 1.29 is 19.0 Å². The van der Waals surface area contributed by atoms with Gasteiger partial charge in [0.05, 0.1) is 33.8 Å². The Morgan fingerprint density at radius 3 is 2.22 bits per heavy atom. The van der Waals surface area contributed by atoms with Gasteiger partial charge in [-0.2, -0.15) is 9.97 Å². The van der Waals surface area contributed by atoms with Crippen molar-refractivity contribution in [1.29, 1.82) is 0 Å². The Morgan fingerprint density at radius 2 is 1.78 bits per heavy atom. The first-order valence-corrected chi connectivity index (χ1v) is 5.35. The summed E-state index contributed by atoms with van der Waals surface area (Å²) in [7, 11) is 6.16. The second-order valence-corrected chi connectivity index (χ2v) is 3.50. The summed E-state index contributed by atoms with van der Waals surface area (Å²) in [6, 6.07) is 1.58. The van der Waals surface area contributed by atoms with E-state index in [0.29, 0.717) is 24.3 Å². The van der Waals surface area contributed by atoms with Crippen molar-refractivity contribution in [3.8, 4) is 11.8 Å². The Morgan fingerprint density at radius 1 is 1.22 bits per heavy atom. The summed E-state index contributed by atoms with van der Waals surface area (Å²) in [5.74, 6) is 0.954. The van der Waals surface area contributed by atoms with E-state index < -0.39 is 0 Å². The molecule has 0 aliphatic heterocycles. The summed E-state index contributed by atoms with van der Waals surface area (Å²) in [5.41, 5.74) is 0. The lowest BCUT2D eigenvalue weighted by atomic mass is 10.4. The van der Waals surface area contributed by atoms with Gasteiger partial charge >= 0.3 is 5.97 Å². The molecule has 0 unspecified atom stereocenters. The fraction of sp³-hybridized carbons (Fsp3) is 0.545. The van der Waals surface area contributed by atoms with Gasteiger partial charge in [-0.25, -0.2) is 0 Å². The Balaban J connectivity index is 2.77. The first-order chi connectivity index (χ1) is 8.60. The average Bonchev–Trinajstić information content (AvgIpc) is 2.43. The first-order valence-electron chi connectivity index (χ1n) is 5.35. The van der Waals surface area contributed by atoms with E-state index in [1.807, 2.05) is 0 Å². The summed E-state index contributed by atoms with van der Waals surface area (Å²) < 4.78 is 14.7. The van der Waals surface area contributed by atoms with Crippen LogP contribution in [0.1, 0.15) is 6.42 Å². The summed E-state index contributed by atoms with van der Waals surface area (Å²) in [6.07, 6.45) is 0.260.